The van der Waals surface area contributed by atoms with Crippen molar-refractivity contribution in [2.45, 2.75) is 32.3 Å². The molecule has 118 valence electrons. The number of carbonyl (C=O) groups is 2. The van der Waals surface area contributed by atoms with Gasteiger partial charge < -0.3 is 10.1 Å². The van der Waals surface area contributed by atoms with Crippen LogP contribution >= 0.6 is 0 Å². The van der Waals surface area contributed by atoms with Gasteiger partial charge in [-0.1, -0.05) is 12.2 Å². The summed E-state index contributed by atoms with van der Waals surface area (Å²) >= 11 is 0. The number of carbonyl (C=O) groups excluding carboxylic acids is 2. The molecule has 6 heteroatoms. The molecular weight excluding hydrogens is 292 g/mol. The third-order valence-electron chi connectivity index (χ3n) is 3.41. The first-order valence-corrected chi connectivity index (χ1v) is 7.08. The molecule has 1 N–H and O–H groups in total. The Morgan fingerprint density at radius 3 is 2.82 bits per heavy atom. The molecule has 1 aliphatic rings. The van der Waals surface area contributed by atoms with Gasteiger partial charge in [-0.15, -0.1) is 0 Å². The fraction of sp³-hybridized carbons (Fsp3) is 0.375. The summed E-state index contributed by atoms with van der Waals surface area (Å²) in [5.41, 5.74) is -0.159. The van der Waals surface area contributed by atoms with Crippen molar-refractivity contribution in [3.63, 3.8) is 0 Å². The van der Waals surface area contributed by atoms with Crippen LogP contribution in [0.15, 0.2) is 30.4 Å². The number of hydrogen-bond donors (Lipinski definition) is 1. The largest absolute Gasteiger partial charge is 0.453 e. The molecule has 4 nitrogen and oxygen atoms in total. The Morgan fingerprint density at radius 1 is 1.41 bits per heavy atom. The molecule has 0 bridgehead atoms. The summed E-state index contributed by atoms with van der Waals surface area (Å²) in [4.78, 5) is 23.6. The molecule has 0 saturated heterocycles. The average Bonchev–Trinajstić information content (AvgIpc) is 2.94. The van der Waals surface area contributed by atoms with E-state index >= 15 is 0 Å². The standard InChI is InChI=1S/C16H17F2NO3/c1-10(22-15(20)8-11-4-2-3-5-11)16(21)19-14-7-6-12(17)9-13(14)18/h2,4,6-7,9-11H,3,5,8H2,1H3,(H,19,21)/t10-,11+/m0/s1. The van der Waals surface area contributed by atoms with Gasteiger partial charge in [0.2, 0.25) is 0 Å². The molecule has 0 fully saturated rings. The number of nitrogens with one attached hydrogen (secondary N) is 1. The third kappa shape index (κ3) is 4.38. The highest BCUT2D eigenvalue weighted by Crippen LogP contribution is 2.21. The monoisotopic (exact) mass is 309 g/mol. The summed E-state index contributed by atoms with van der Waals surface area (Å²) in [7, 11) is 0. The first kappa shape index (κ1) is 16.1. The number of rotatable bonds is 5. The van der Waals surface area contributed by atoms with Crippen LogP contribution in [0, 0.1) is 17.6 Å². The number of halogens is 2. The Kier molecular flexibility index (Phi) is 5.25. The van der Waals surface area contributed by atoms with E-state index in [0.29, 0.717) is 6.07 Å². The van der Waals surface area contributed by atoms with Crippen LogP contribution in [0.25, 0.3) is 0 Å². The van der Waals surface area contributed by atoms with E-state index in [1.54, 1.807) is 0 Å². The molecule has 0 radical (unpaired) electrons. The van der Waals surface area contributed by atoms with Crippen LogP contribution < -0.4 is 5.32 Å². The van der Waals surface area contributed by atoms with Crippen LogP contribution in [-0.4, -0.2) is 18.0 Å². The van der Waals surface area contributed by atoms with Crippen LogP contribution in [0.4, 0.5) is 14.5 Å². The minimum atomic E-state index is -1.05. The Morgan fingerprint density at radius 2 is 2.18 bits per heavy atom. The zero-order valence-electron chi connectivity index (χ0n) is 12.1. The van der Waals surface area contributed by atoms with Crippen LogP contribution in [0.5, 0.6) is 0 Å². The Labute approximate surface area is 127 Å². The van der Waals surface area contributed by atoms with Gasteiger partial charge in [-0.3, -0.25) is 9.59 Å². The summed E-state index contributed by atoms with van der Waals surface area (Å²) in [6, 6.07) is 2.81. The fourth-order valence-electron chi connectivity index (χ4n) is 2.20. The van der Waals surface area contributed by atoms with E-state index < -0.39 is 29.6 Å². The lowest BCUT2D eigenvalue weighted by Crippen LogP contribution is -2.30. The summed E-state index contributed by atoms with van der Waals surface area (Å²) in [6.45, 7) is 1.40. The number of allylic oxidation sites excluding steroid dienone is 2. The van der Waals surface area contributed by atoms with Crippen molar-refractivity contribution in [3.8, 4) is 0 Å². The maximum absolute atomic E-state index is 13.4. The molecular formula is C16H17F2NO3. The lowest BCUT2D eigenvalue weighted by molar-refractivity contribution is -0.153. The van der Waals surface area contributed by atoms with E-state index in [0.717, 1.165) is 25.0 Å². The maximum atomic E-state index is 13.4. The van der Waals surface area contributed by atoms with E-state index in [9.17, 15) is 18.4 Å². The zero-order valence-corrected chi connectivity index (χ0v) is 12.1. The maximum Gasteiger partial charge on any atom is 0.307 e. The molecule has 0 aliphatic heterocycles. The minimum Gasteiger partial charge on any atom is -0.453 e. The first-order chi connectivity index (χ1) is 10.5. The summed E-state index contributed by atoms with van der Waals surface area (Å²) in [5, 5.41) is 2.26. The predicted molar refractivity (Wildman–Crippen MR) is 77.0 cm³/mol. The Hall–Kier alpha value is -2.24. The van der Waals surface area contributed by atoms with Crippen molar-refractivity contribution in [3.05, 3.63) is 42.0 Å². The van der Waals surface area contributed by atoms with Gasteiger partial charge >= 0.3 is 5.97 Å². The second-order valence-electron chi connectivity index (χ2n) is 5.22. The average molecular weight is 309 g/mol. The van der Waals surface area contributed by atoms with Gasteiger partial charge in [0, 0.05) is 6.07 Å². The van der Waals surface area contributed by atoms with Gasteiger partial charge in [0.1, 0.15) is 11.6 Å². The normalized spacial score (nSPS) is 18.0. The highest BCUT2D eigenvalue weighted by atomic mass is 19.1. The second-order valence-corrected chi connectivity index (χ2v) is 5.22. The van der Waals surface area contributed by atoms with Crippen LogP contribution in [0.3, 0.4) is 0 Å². The SMILES string of the molecule is C[C@H](OC(=O)C[C@@H]1C=CCC1)C(=O)Nc1ccc(F)cc1F. The lowest BCUT2D eigenvalue weighted by Gasteiger charge is -2.15. The molecule has 1 aromatic carbocycles. The van der Waals surface area contributed by atoms with Gasteiger partial charge in [-0.2, -0.15) is 0 Å². The summed E-state index contributed by atoms with van der Waals surface area (Å²) < 4.78 is 31.2. The second kappa shape index (κ2) is 7.15. The van der Waals surface area contributed by atoms with Crippen LogP contribution in [0.1, 0.15) is 26.2 Å². The zero-order chi connectivity index (χ0) is 16.1. The molecule has 0 unspecified atom stereocenters. The summed E-state index contributed by atoms with van der Waals surface area (Å²) in [5.74, 6) is -2.61. The fourth-order valence-corrected chi connectivity index (χ4v) is 2.20. The number of benzene rings is 1. The molecule has 0 heterocycles. The van der Waals surface area contributed by atoms with Crippen LogP contribution in [0.2, 0.25) is 0 Å². The van der Waals surface area contributed by atoms with Gasteiger partial charge in [0.05, 0.1) is 12.1 Å². The summed E-state index contributed by atoms with van der Waals surface area (Å²) in [6.07, 6.45) is 4.97. The quantitative estimate of drug-likeness (QED) is 0.671. The molecule has 2 rings (SSSR count). The number of anilines is 1. The van der Waals surface area contributed by atoms with E-state index in [1.807, 2.05) is 12.2 Å². The first-order valence-electron chi connectivity index (χ1n) is 7.08. The van der Waals surface area contributed by atoms with Crippen molar-refractivity contribution in [2.75, 3.05) is 5.32 Å². The minimum absolute atomic E-state index is 0.150. The highest BCUT2D eigenvalue weighted by Gasteiger charge is 2.21. The van der Waals surface area contributed by atoms with E-state index in [4.69, 9.17) is 4.74 Å². The molecule has 1 aliphatic carbocycles. The van der Waals surface area contributed by atoms with Crippen molar-refractivity contribution < 1.29 is 23.1 Å². The van der Waals surface area contributed by atoms with Crippen molar-refractivity contribution in [2.24, 2.45) is 5.92 Å². The molecule has 1 amide bonds. The Balaban J connectivity index is 1.85. The predicted octanol–water partition coefficient (Wildman–Crippen LogP) is 3.19. The molecule has 22 heavy (non-hydrogen) atoms. The smallest absolute Gasteiger partial charge is 0.307 e. The molecule has 0 aromatic heterocycles. The molecule has 0 spiro atoms. The van der Waals surface area contributed by atoms with Gasteiger partial charge in [0.25, 0.3) is 5.91 Å². The highest BCUT2D eigenvalue weighted by molar-refractivity contribution is 5.95. The van der Waals surface area contributed by atoms with E-state index in [1.165, 1.54) is 6.92 Å². The number of ether oxygens (including phenoxy) is 1. The number of hydrogen-bond acceptors (Lipinski definition) is 3. The van der Waals surface area contributed by atoms with Gasteiger partial charge in [-0.05, 0) is 37.8 Å². The number of esters is 1. The molecule has 1 aromatic rings. The number of amides is 1. The van der Waals surface area contributed by atoms with Gasteiger partial charge in [0.15, 0.2) is 6.10 Å². The topological polar surface area (TPSA) is 55.4 Å². The van der Waals surface area contributed by atoms with E-state index in [-0.39, 0.29) is 18.0 Å². The Bertz CT molecular complexity index is 601. The van der Waals surface area contributed by atoms with Crippen molar-refractivity contribution in [1.82, 2.24) is 0 Å². The lowest BCUT2D eigenvalue weighted by atomic mass is 10.1. The van der Waals surface area contributed by atoms with Crippen molar-refractivity contribution >= 4 is 17.6 Å². The van der Waals surface area contributed by atoms with Gasteiger partial charge in [-0.25, -0.2) is 8.78 Å². The van der Waals surface area contributed by atoms with Crippen LogP contribution in [-0.2, 0) is 14.3 Å². The van der Waals surface area contributed by atoms with Crippen molar-refractivity contribution in [1.29, 1.82) is 0 Å². The molecule has 2 atom stereocenters. The molecule has 0 saturated carbocycles. The third-order valence-corrected chi connectivity index (χ3v) is 3.41. The van der Waals surface area contributed by atoms with E-state index in [2.05, 4.69) is 5.32 Å².